The normalized spacial score (nSPS) is 11.5. The topological polar surface area (TPSA) is 41.8 Å². The molecule has 0 spiro atoms. The minimum atomic E-state index is 0. The Morgan fingerprint density at radius 2 is 2.18 bits per heavy atom. The van der Waals surface area contributed by atoms with E-state index in [1.807, 2.05) is 7.05 Å². The van der Waals surface area contributed by atoms with Crippen LogP contribution in [0.2, 0.25) is 0 Å². The first-order valence-corrected chi connectivity index (χ1v) is 7.64. The van der Waals surface area contributed by atoms with Crippen molar-refractivity contribution >= 4 is 29.9 Å². The Balaban J connectivity index is 0.00000441. The van der Waals surface area contributed by atoms with Crippen molar-refractivity contribution in [3.8, 4) is 0 Å². The zero-order chi connectivity index (χ0) is 15.7. The van der Waals surface area contributed by atoms with E-state index in [-0.39, 0.29) is 24.0 Å². The molecule has 0 saturated heterocycles. The first kappa shape index (κ1) is 21.2. The summed E-state index contributed by atoms with van der Waals surface area (Å²) < 4.78 is 7.70. The third-order valence-electron chi connectivity index (χ3n) is 3.22. The summed E-state index contributed by atoms with van der Waals surface area (Å²) in [6.45, 7) is 7.68. The fourth-order valence-electron chi connectivity index (χ4n) is 2.06. The lowest BCUT2D eigenvalue weighted by Crippen LogP contribution is -2.39. The Hall–Kier alpha value is -0.760. The van der Waals surface area contributed by atoms with Gasteiger partial charge in [0.15, 0.2) is 5.96 Å². The van der Waals surface area contributed by atoms with Crippen molar-refractivity contribution in [3.63, 3.8) is 0 Å². The number of rotatable bonds is 8. The van der Waals surface area contributed by atoms with Gasteiger partial charge in [-0.1, -0.05) is 13.8 Å². The summed E-state index contributed by atoms with van der Waals surface area (Å²) >= 11 is 0. The second kappa shape index (κ2) is 11.8. The lowest BCUT2D eigenvalue weighted by Gasteiger charge is -2.22. The number of aliphatic imine (C=N–C) groups is 1. The monoisotopic (exact) mass is 422 g/mol. The molecule has 0 fully saturated rings. The SMILES string of the molecule is CN=C(NCCCOCC(C)C)N(C)Cc1cccn1C.I. The van der Waals surface area contributed by atoms with Gasteiger partial charge in [0.05, 0.1) is 6.54 Å². The lowest BCUT2D eigenvalue weighted by atomic mass is 10.2. The number of nitrogens with zero attached hydrogens (tertiary/aromatic N) is 3. The highest BCUT2D eigenvalue weighted by Crippen LogP contribution is 2.03. The van der Waals surface area contributed by atoms with Crippen LogP contribution in [-0.4, -0.2) is 49.3 Å². The second-order valence-electron chi connectivity index (χ2n) is 5.76. The van der Waals surface area contributed by atoms with Gasteiger partial charge >= 0.3 is 0 Å². The summed E-state index contributed by atoms with van der Waals surface area (Å²) in [7, 11) is 5.93. The molecule has 0 aliphatic rings. The van der Waals surface area contributed by atoms with Crippen LogP contribution in [0.4, 0.5) is 0 Å². The standard InChI is InChI=1S/C16H30N4O.HI/c1-14(2)13-21-11-7-9-18-16(17-3)20(5)12-15-8-6-10-19(15)4;/h6,8,10,14H,7,9,11-13H2,1-5H3,(H,17,18);1H. The third kappa shape index (κ3) is 8.03. The molecule has 1 N–H and O–H groups in total. The molecule has 0 aliphatic carbocycles. The van der Waals surface area contributed by atoms with Gasteiger partial charge < -0.3 is 19.5 Å². The summed E-state index contributed by atoms with van der Waals surface area (Å²) in [5.41, 5.74) is 1.26. The minimum Gasteiger partial charge on any atom is -0.381 e. The average Bonchev–Trinajstić information content (AvgIpc) is 2.83. The second-order valence-corrected chi connectivity index (χ2v) is 5.76. The first-order valence-electron chi connectivity index (χ1n) is 7.64. The lowest BCUT2D eigenvalue weighted by molar-refractivity contribution is 0.108. The molecular weight excluding hydrogens is 391 g/mol. The van der Waals surface area contributed by atoms with E-state index in [1.54, 1.807) is 0 Å². The van der Waals surface area contributed by atoms with Gasteiger partial charge in [0.2, 0.25) is 0 Å². The van der Waals surface area contributed by atoms with Gasteiger partial charge in [0, 0.05) is 52.8 Å². The third-order valence-corrected chi connectivity index (χ3v) is 3.22. The molecule has 0 radical (unpaired) electrons. The molecule has 1 rings (SSSR count). The van der Waals surface area contributed by atoms with Crippen LogP contribution in [0.15, 0.2) is 23.3 Å². The van der Waals surface area contributed by atoms with E-state index in [1.165, 1.54) is 5.69 Å². The summed E-state index contributed by atoms with van der Waals surface area (Å²) in [6.07, 6.45) is 3.05. The van der Waals surface area contributed by atoms with Gasteiger partial charge in [0.1, 0.15) is 0 Å². The van der Waals surface area contributed by atoms with Crippen molar-refractivity contribution < 1.29 is 4.74 Å². The molecule has 0 aromatic carbocycles. The summed E-state index contributed by atoms with van der Waals surface area (Å²) in [4.78, 5) is 6.45. The van der Waals surface area contributed by atoms with Crippen LogP contribution in [0, 0.1) is 5.92 Å². The van der Waals surface area contributed by atoms with Crippen LogP contribution >= 0.6 is 24.0 Å². The molecule has 6 heteroatoms. The molecule has 1 aromatic rings. The van der Waals surface area contributed by atoms with E-state index in [2.05, 4.69) is 66.0 Å². The highest BCUT2D eigenvalue weighted by molar-refractivity contribution is 14.0. The zero-order valence-electron chi connectivity index (χ0n) is 14.5. The Bertz CT molecular complexity index is 432. The summed E-state index contributed by atoms with van der Waals surface area (Å²) in [5, 5.41) is 3.38. The number of aryl methyl sites for hydroxylation is 1. The highest BCUT2D eigenvalue weighted by atomic mass is 127. The van der Waals surface area contributed by atoms with Crippen molar-refractivity contribution in [2.24, 2.45) is 18.0 Å². The molecule has 1 heterocycles. The van der Waals surface area contributed by atoms with Crippen molar-refractivity contribution in [2.45, 2.75) is 26.8 Å². The molecule has 22 heavy (non-hydrogen) atoms. The molecule has 128 valence electrons. The summed E-state index contributed by atoms with van der Waals surface area (Å²) in [6, 6.07) is 4.19. The maximum absolute atomic E-state index is 5.58. The quantitative estimate of drug-likeness (QED) is 0.303. The Kier molecular flexibility index (Phi) is 11.4. The molecule has 0 atom stereocenters. The molecule has 5 nitrogen and oxygen atoms in total. The highest BCUT2D eigenvalue weighted by Gasteiger charge is 2.07. The number of hydrogen-bond acceptors (Lipinski definition) is 2. The van der Waals surface area contributed by atoms with Crippen molar-refractivity contribution in [1.82, 2.24) is 14.8 Å². The summed E-state index contributed by atoms with van der Waals surface area (Å²) in [5.74, 6) is 1.52. The Morgan fingerprint density at radius 3 is 2.73 bits per heavy atom. The largest absolute Gasteiger partial charge is 0.381 e. The maximum Gasteiger partial charge on any atom is 0.193 e. The van der Waals surface area contributed by atoms with E-state index in [4.69, 9.17) is 4.74 Å². The molecule has 0 amide bonds. The van der Waals surface area contributed by atoms with Gasteiger partial charge in [0.25, 0.3) is 0 Å². The van der Waals surface area contributed by atoms with E-state index in [0.717, 1.165) is 38.7 Å². The van der Waals surface area contributed by atoms with Crippen LogP contribution in [0.25, 0.3) is 0 Å². The Labute approximate surface area is 152 Å². The predicted octanol–water partition coefficient (Wildman–Crippen LogP) is 2.71. The zero-order valence-corrected chi connectivity index (χ0v) is 16.8. The van der Waals surface area contributed by atoms with Gasteiger partial charge in [-0.15, -0.1) is 24.0 Å². The molecule has 0 saturated carbocycles. The molecule has 0 unspecified atom stereocenters. The van der Waals surface area contributed by atoms with E-state index in [0.29, 0.717) is 5.92 Å². The number of ether oxygens (including phenoxy) is 1. The predicted molar refractivity (Wildman–Crippen MR) is 104 cm³/mol. The van der Waals surface area contributed by atoms with Gasteiger partial charge in [-0.3, -0.25) is 4.99 Å². The molecule has 1 aromatic heterocycles. The fourth-order valence-corrected chi connectivity index (χ4v) is 2.06. The van der Waals surface area contributed by atoms with E-state index >= 15 is 0 Å². The number of halogens is 1. The molecule has 0 bridgehead atoms. The average molecular weight is 422 g/mol. The van der Waals surface area contributed by atoms with Gasteiger partial charge in [-0.05, 0) is 24.5 Å². The molecular formula is C16H31IN4O. The van der Waals surface area contributed by atoms with E-state index in [9.17, 15) is 0 Å². The minimum absolute atomic E-state index is 0. The van der Waals surface area contributed by atoms with E-state index < -0.39 is 0 Å². The van der Waals surface area contributed by atoms with Crippen molar-refractivity contribution in [3.05, 3.63) is 24.0 Å². The number of aromatic nitrogens is 1. The number of guanidine groups is 1. The van der Waals surface area contributed by atoms with Crippen LogP contribution in [-0.2, 0) is 18.3 Å². The molecule has 0 aliphatic heterocycles. The van der Waals surface area contributed by atoms with Gasteiger partial charge in [-0.2, -0.15) is 0 Å². The van der Waals surface area contributed by atoms with Crippen LogP contribution in [0.5, 0.6) is 0 Å². The smallest absolute Gasteiger partial charge is 0.193 e. The van der Waals surface area contributed by atoms with Crippen molar-refractivity contribution in [1.29, 1.82) is 0 Å². The van der Waals surface area contributed by atoms with Crippen LogP contribution < -0.4 is 5.32 Å². The fraction of sp³-hybridized carbons (Fsp3) is 0.688. The number of nitrogens with one attached hydrogen (secondary N) is 1. The Morgan fingerprint density at radius 1 is 1.45 bits per heavy atom. The van der Waals surface area contributed by atoms with Crippen LogP contribution in [0.1, 0.15) is 26.0 Å². The number of hydrogen-bond donors (Lipinski definition) is 1. The maximum atomic E-state index is 5.58. The van der Waals surface area contributed by atoms with Gasteiger partial charge in [-0.25, -0.2) is 0 Å². The van der Waals surface area contributed by atoms with Crippen LogP contribution in [0.3, 0.4) is 0 Å². The first-order chi connectivity index (χ1) is 10.0. The van der Waals surface area contributed by atoms with Crippen molar-refractivity contribution in [2.75, 3.05) is 33.9 Å².